The molecule has 2 aromatic carbocycles. The fourth-order valence-corrected chi connectivity index (χ4v) is 7.03. The third-order valence-electron chi connectivity index (χ3n) is 6.43. The Hall–Kier alpha value is -2.18. The topological polar surface area (TPSA) is 80.5 Å². The van der Waals surface area contributed by atoms with Crippen molar-refractivity contribution in [1.29, 1.82) is 0 Å². The zero-order chi connectivity index (χ0) is 20.5. The van der Waals surface area contributed by atoms with E-state index in [4.69, 9.17) is 5.73 Å². The Morgan fingerprint density at radius 3 is 2.41 bits per heavy atom. The van der Waals surface area contributed by atoms with Crippen molar-refractivity contribution in [1.82, 2.24) is 4.90 Å². The second-order valence-corrected chi connectivity index (χ2v) is 10.3. The Kier molecular flexibility index (Phi) is 5.49. The maximum absolute atomic E-state index is 12.8. The predicted molar refractivity (Wildman–Crippen MR) is 113 cm³/mol. The highest BCUT2D eigenvalue weighted by Crippen LogP contribution is 2.46. The average molecular weight is 413 g/mol. The number of sulfone groups is 1. The molecule has 2 aromatic rings. The minimum atomic E-state index is -3.23. The van der Waals surface area contributed by atoms with Gasteiger partial charge in [-0.3, -0.25) is 4.79 Å². The van der Waals surface area contributed by atoms with Gasteiger partial charge in [0.15, 0.2) is 9.84 Å². The monoisotopic (exact) mass is 412 g/mol. The van der Waals surface area contributed by atoms with E-state index in [-0.39, 0.29) is 17.1 Å². The number of hydrogen-bond acceptors (Lipinski definition) is 4. The third-order valence-corrected chi connectivity index (χ3v) is 8.39. The van der Waals surface area contributed by atoms with E-state index >= 15 is 0 Å². The molecule has 5 nitrogen and oxygen atoms in total. The van der Waals surface area contributed by atoms with Crippen molar-refractivity contribution in [2.45, 2.75) is 48.5 Å². The summed E-state index contributed by atoms with van der Waals surface area (Å²) < 4.78 is 25.2. The summed E-state index contributed by atoms with van der Waals surface area (Å²) in [5, 5.41) is 0. The van der Waals surface area contributed by atoms with Gasteiger partial charge in [-0.05, 0) is 49.3 Å². The summed E-state index contributed by atoms with van der Waals surface area (Å²) in [5.41, 5.74) is 8.02. The SMILES string of the molecule is N[C@H](CCCc1ccccc1)C(=O)N1CCC2(CC1)CS(=O)(=O)c1ccccc12. The van der Waals surface area contributed by atoms with Gasteiger partial charge in [-0.2, -0.15) is 0 Å². The minimum absolute atomic E-state index is 0.0120. The van der Waals surface area contributed by atoms with Crippen LogP contribution in [-0.2, 0) is 26.5 Å². The van der Waals surface area contributed by atoms with Gasteiger partial charge >= 0.3 is 0 Å². The van der Waals surface area contributed by atoms with Gasteiger partial charge < -0.3 is 10.6 Å². The average Bonchev–Trinajstić information content (AvgIpc) is 2.96. The van der Waals surface area contributed by atoms with Crippen LogP contribution in [0.2, 0.25) is 0 Å². The van der Waals surface area contributed by atoms with Crippen molar-refractivity contribution >= 4 is 15.7 Å². The van der Waals surface area contributed by atoms with Gasteiger partial charge in [-0.1, -0.05) is 48.5 Å². The van der Waals surface area contributed by atoms with E-state index in [0.29, 0.717) is 37.2 Å². The number of hydrogen-bond donors (Lipinski definition) is 1. The summed E-state index contributed by atoms with van der Waals surface area (Å²) in [4.78, 5) is 15.1. The molecule has 0 bridgehead atoms. The Balaban J connectivity index is 1.34. The second kappa shape index (κ2) is 7.92. The highest BCUT2D eigenvalue weighted by Gasteiger charge is 2.48. The molecule has 4 rings (SSSR count). The molecule has 0 radical (unpaired) electrons. The van der Waals surface area contributed by atoms with Crippen molar-refractivity contribution in [2.75, 3.05) is 18.8 Å². The number of piperidine rings is 1. The van der Waals surface area contributed by atoms with E-state index in [0.717, 1.165) is 18.4 Å². The highest BCUT2D eigenvalue weighted by atomic mass is 32.2. The van der Waals surface area contributed by atoms with Gasteiger partial charge in [0.05, 0.1) is 16.7 Å². The number of aryl methyl sites for hydroxylation is 1. The molecule has 0 unspecified atom stereocenters. The normalized spacial score (nSPS) is 20.4. The molecule has 1 fully saturated rings. The van der Waals surface area contributed by atoms with Crippen molar-refractivity contribution in [3.63, 3.8) is 0 Å². The van der Waals surface area contributed by atoms with Crippen LogP contribution >= 0.6 is 0 Å². The molecule has 0 aliphatic carbocycles. The van der Waals surface area contributed by atoms with E-state index < -0.39 is 15.9 Å². The third kappa shape index (κ3) is 3.96. The lowest BCUT2D eigenvalue weighted by atomic mass is 9.74. The first-order chi connectivity index (χ1) is 13.9. The van der Waals surface area contributed by atoms with Gasteiger partial charge in [0.2, 0.25) is 5.91 Å². The first-order valence-electron chi connectivity index (χ1n) is 10.3. The predicted octanol–water partition coefficient (Wildman–Crippen LogP) is 2.68. The molecule has 154 valence electrons. The number of likely N-dealkylation sites (tertiary alicyclic amines) is 1. The highest BCUT2D eigenvalue weighted by molar-refractivity contribution is 7.91. The van der Waals surface area contributed by atoms with E-state index in [9.17, 15) is 13.2 Å². The van der Waals surface area contributed by atoms with E-state index in [1.165, 1.54) is 5.56 Å². The number of nitrogens with zero attached hydrogens (tertiary/aromatic N) is 1. The molecule has 1 spiro atoms. The van der Waals surface area contributed by atoms with Crippen LogP contribution in [0.25, 0.3) is 0 Å². The van der Waals surface area contributed by atoms with Crippen LogP contribution in [0, 0.1) is 0 Å². The Bertz CT molecular complexity index is 980. The molecule has 2 aliphatic rings. The fourth-order valence-electron chi connectivity index (χ4n) is 4.79. The molecule has 2 heterocycles. The van der Waals surface area contributed by atoms with E-state index in [1.807, 2.05) is 35.2 Å². The molecule has 1 amide bonds. The smallest absolute Gasteiger partial charge is 0.239 e. The molecule has 0 aromatic heterocycles. The quantitative estimate of drug-likeness (QED) is 0.819. The Morgan fingerprint density at radius 1 is 1.03 bits per heavy atom. The summed E-state index contributed by atoms with van der Waals surface area (Å²) in [6.45, 7) is 1.13. The van der Waals surface area contributed by atoms with E-state index in [1.54, 1.807) is 12.1 Å². The lowest BCUT2D eigenvalue weighted by molar-refractivity contribution is -0.134. The van der Waals surface area contributed by atoms with Crippen LogP contribution < -0.4 is 5.73 Å². The van der Waals surface area contributed by atoms with Crippen LogP contribution in [0.3, 0.4) is 0 Å². The van der Waals surface area contributed by atoms with Gasteiger partial charge in [-0.15, -0.1) is 0 Å². The number of nitrogens with two attached hydrogens (primary N) is 1. The number of carbonyl (C=O) groups excluding carboxylic acids is 1. The summed E-state index contributed by atoms with van der Waals surface area (Å²) in [6.07, 6.45) is 3.80. The van der Waals surface area contributed by atoms with Crippen molar-refractivity contribution in [3.8, 4) is 0 Å². The summed E-state index contributed by atoms with van der Waals surface area (Å²) in [5.74, 6) is 0.145. The van der Waals surface area contributed by atoms with Gasteiger partial charge in [-0.25, -0.2) is 8.42 Å². The minimum Gasteiger partial charge on any atom is -0.341 e. The van der Waals surface area contributed by atoms with Crippen molar-refractivity contribution in [3.05, 3.63) is 65.7 Å². The molecule has 2 aliphatic heterocycles. The first kappa shape index (κ1) is 20.1. The lowest BCUT2D eigenvalue weighted by Gasteiger charge is -2.40. The number of benzene rings is 2. The van der Waals surface area contributed by atoms with Crippen LogP contribution in [0.4, 0.5) is 0 Å². The number of amides is 1. The number of rotatable bonds is 5. The Labute approximate surface area is 172 Å². The molecule has 1 saturated heterocycles. The molecule has 1 atom stereocenters. The maximum atomic E-state index is 12.8. The summed E-state index contributed by atoms with van der Waals surface area (Å²) >= 11 is 0. The first-order valence-corrected chi connectivity index (χ1v) is 12.0. The lowest BCUT2D eigenvalue weighted by Crippen LogP contribution is -2.51. The molecule has 0 saturated carbocycles. The van der Waals surface area contributed by atoms with E-state index in [2.05, 4.69) is 12.1 Å². The molecular weight excluding hydrogens is 384 g/mol. The van der Waals surface area contributed by atoms with Gasteiger partial charge in [0, 0.05) is 18.5 Å². The molecular formula is C23H28N2O3S. The van der Waals surface area contributed by atoms with Crippen LogP contribution in [-0.4, -0.2) is 44.1 Å². The maximum Gasteiger partial charge on any atom is 0.239 e. The zero-order valence-corrected chi connectivity index (χ0v) is 17.4. The molecule has 2 N–H and O–H groups in total. The van der Waals surface area contributed by atoms with Crippen LogP contribution in [0.15, 0.2) is 59.5 Å². The summed E-state index contributed by atoms with van der Waals surface area (Å²) in [6, 6.07) is 17.0. The number of carbonyl (C=O) groups is 1. The summed E-state index contributed by atoms with van der Waals surface area (Å²) in [7, 11) is -3.23. The van der Waals surface area contributed by atoms with Gasteiger partial charge in [0.1, 0.15) is 0 Å². The second-order valence-electron chi connectivity index (χ2n) is 8.35. The van der Waals surface area contributed by atoms with Crippen LogP contribution in [0.1, 0.15) is 36.8 Å². The fraction of sp³-hybridized carbons (Fsp3) is 0.435. The van der Waals surface area contributed by atoms with Crippen molar-refractivity contribution < 1.29 is 13.2 Å². The standard InChI is InChI=1S/C23H28N2O3S/c24-20(11-6-9-18-7-2-1-3-8-18)22(26)25-15-13-23(14-16-25)17-29(27,28)21-12-5-4-10-19(21)23/h1-5,7-8,10,12,20H,6,9,11,13-17,24H2/t20-/m1/s1. The van der Waals surface area contributed by atoms with Crippen molar-refractivity contribution in [2.24, 2.45) is 5.73 Å². The largest absolute Gasteiger partial charge is 0.341 e. The zero-order valence-electron chi connectivity index (χ0n) is 16.6. The number of fused-ring (bicyclic) bond motifs is 2. The van der Waals surface area contributed by atoms with Gasteiger partial charge in [0.25, 0.3) is 0 Å². The van der Waals surface area contributed by atoms with Crippen LogP contribution in [0.5, 0.6) is 0 Å². The molecule has 6 heteroatoms. The Morgan fingerprint density at radius 2 is 1.69 bits per heavy atom. The molecule has 29 heavy (non-hydrogen) atoms.